The molecule has 2 rings (SSSR count). The predicted octanol–water partition coefficient (Wildman–Crippen LogP) is 3.80. The summed E-state index contributed by atoms with van der Waals surface area (Å²) in [5, 5.41) is 9.42. The summed E-state index contributed by atoms with van der Waals surface area (Å²) in [6.45, 7) is 10.3. The van der Waals surface area contributed by atoms with Crippen LogP contribution in [0.3, 0.4) is 0 Å². The molecular weight excluding hydrogens is 234 g/mol. The fourth-order valence-corrected chi connectivity index (χ4v) is 2.93. The molecule has 0 bridgehead atoms. The van der Waals surface area contributed by atoms with Crippen molar-refractivity contribution in [1.29, 1.82) is 0 Å². The highest BCUT2D eigenvalue weighted by Crippen LogP contribution is 2.35. The Bertz CT molecular complexity index is 408. The van der Waals surface area contributed by atoms with Crippen molar-refractivity contribution >= 4 is 5.69 Å². The second kappa shape index (κ2) is 5.54. The summed E-state index contributed by atoms with van der Waals surface area (Å²) in [5.74, 6) is 0.992. The van der Waals surface area contributed by atoms with Gasteiger partial charge in [0.1, 0.15) is 0 Å². The first-order valence-corrected chi connectivity index (χ1v) is 7.42. The second-order valence-electron chi connectivity index (χ2n) is 6.76. The number of rotatable bonds is 3. The Morgan fingerprint density at radius 3 is 2.42 bits per heavy atom. The molecule has 0 aromatic heterocycles. The largest absolute Gasteiger partial charge is 0.396 e. The molecule has 0 amide bonds. The summed E-state index contributed by atoms with van der Waals surface area (Å²) < 4.78 is 0. The molecule has 0 aliphatic carbocycles. The quantitative estimate of drug-likeness (QED) is 0.894. The number of hydrogen-bond donors (Lipinski definition) is 1. The molecule has 0 spiro atoms. The van der Waals surface area contributed by atoms with Crippen molar-refractivity contribution < 1.29 is 5.11 Å². The van der Waals surface area contributed by atoms with E-state index in [0.717, 1.165) is 19.4 Å². The maximum atomic E-state index is 9.42. The van der Waals surface area contributed by atoms with Crippen LogP contribution in [0, 0.1) is 5.92 Å². The first-order valence-electron chi connectivity index (χ1n) is 7.42. The molecule has 1 aromatic carbocycles. The van der Waals surface area contributed by atoms with Crippen molar-refractivity contribution in [2.24, 2.45) is 5.92 Å². The van der Waals surface area contributed by atoms with E-state index in [1.807, 2.05) is 0 Å². The zero-order chi connectivity index (χ0) is 14.0. The van der Waals surface area contributed by atoms with Crippen LogP contribution >= 0.6 is 0 Å². The standard InChI is InChI=1S/C17H27NO/c1-13(2)15-5-7-16(8-6-15)18-11-14(12-19)9-10-17(18,3)4/h5-8,13-14,19H,9-12H2,1-4H3. The molecule has 1 N–H and O–H groups in total. The highest BCUT2D eigenvalue weighted by molar-refractivity contribution is 5.51. The van der Waals surface area contributed by atoms with Gasteiger partial charge >= 0.3 is 0 Å². The Kier molecular flexibility index (Phi) is 4.19. The molecule has 1 unspecified atom stereocenters. The van der Waals surface area contributed by atoms with Gasteiger partial charge in [0.25, 0.3) is 0 Å². The van der Waals surface area contributed by atoms with Crippen molar-refractivity contribution in [1.82, 2.24) is 0 Å². The normalized spacial score (nSPS) is 22.8. The van der Waals surface area contributed by atoms with Crippen LogP contribution in [-0.4, -0.2) is 23.8 Å². The van der Waals surface area contributed by atoms with Crippen LogP contribution in [0.2, 0.25) is 0 Å². The third kappa shape index (κ3) is 3.11. The maximum Gasteiger partial charge on any atom is 0.0476 e. The molecule has 1 atom stereocenters. The molecule has 106 valence electrons. The van der Waals surface area contributed by atoms with Crippen LogP contribution in [0.15, 0.2) is 24.3 Å². The van der Waals surface area contributed by atoms with Gasteiger partial charge < -0.3 is 10.0 Å². The lowest BCUT2D eigenvalue weighted by Gasteiger charge is -2.47. The zero-order valence-electron chi connectivity index (χ0n) is 12.7. The topological polar surface area (TPSA) is 23.5 Å². The van der Waals surface area contributed by atoms with E-state index in [1.165, 1.54) is 11.3 Å². The molecule has 1 aromatic rings. The lowest BCUT2D eigenvalue weighted by Crippen LogP contribution is -2.51. The van der Waals surface area contributed by atoms with Gasteiger partial charge in [-0.25, -0.2) is 0 Å². The molecule has 1 fully saturated rings. The van der Waals surface area contributed by atoms with E-state index in [0.29, 0.717) is 18.4 Å². The van der Waals surface area contributed by atoms with Gasteiger partial charge in [0.2, 0.25) is 0 Å². The highest BCUT2D eigenvalue weighted by Gasteiger charge is 2.33. The number of hydrogen-bond acceptors (Lipinski definition) is 2. The number of aliphatic hydroxyl groups excluding tert-OH is 1. The van der Waals surface area contributed by atoms with E-state index in [-0.39, 0.29) is 5.54 Å². The lowest BCUT2D eigenvalue weighted by atomic mass is 9.84. The Balaban J connectivity index is 2.22. The number of anilines is 1. The fraction of sp³-hybridized carbons (Fsp3) is 0.647. The molecule has 0 saturated carbocycles. The zero-order valence-corrected chi connectivity index (χ0v) is 12.7. The lowest BCUT2D eigenvalue weighted by molar-refractivity contribution is 0.181. The van der Waals surface area contributed by atoms with E-state index in [2.05, 4.69) is 56.9 Å². The van der Waals surface area contributed by atoms with Crippen LogP contribution in [0.1, 0.15) is 52.0 Å². The summed E-state index contributed by atoms with van der Waals surface area (Å²) in [5.41, 5.74) is 2.86. The first-order chi connectivity index (χ1) is 8.94. The highest BCUT2D eigenvalue weighted by atomic mass is 16.3. The van der Waals surface area contributed by atoms with Gasteiger partial charge in [-0.05, 0) is 56.2 Å². The summed E-state index contributed by atoms with van der Waals surface area (Å²) in [7, 11) is 0. The fourth-order valence-electron chi connectivity index (χ4n) is 2.93. The third-order valence-corrected chi connectivity index (χ3v) is 4.47. The van der Waals surface area contributed by atoms with Crippen molar-refractivity contribution in [2.45, 2.75) is 52.0 Å². The third-order valence-electron chi connectivity index (χ3n) is 4.47. The Morgan fingerprint density at radius 1 is 1.26 bits per heavy atom. The van der Waals surface area contributed by atoms with Crippen molar-refractivity contribution in [3.8, 4) is 0 Å². The van der Waals surface area contributed by atoms with Crippen molar-refractivity contribution in [3.63, 3.8) is 0 Å². The van der Waals surface area contributed by atoms with Gasteiger partial charge in [0.05, 0.1) is 0 Å². The van der Waals surface area contributed by atoms with E-state index < -0.39 is 0 Å². The average molecular weight is 261 g/mol. The van der Waals surface area contributed by atoms with E-state index in [9.17, 15) is 5.11 Å². The van der Waals surface area contributed by atoms with Gasteiger partial charge in [-0.15, -0.1) is 0 Å². The predicted molar refractivity (Wildman–Crippen MR) is 81.8 cm³/mol. The minimum atomic E-state index is 0.186. The van der Waals surface area contributed by atoms with Crippen LogP contribution in [0.4, 0.5) is 5.69 Å². The van der Waals surface area contributed by atoms with Gasteiger partial charge in [0, 0.05) is 24.4 Å². The smallest absolute Gasteiger partial charge is 0.0476 e. The Hall–Kier alpha value is -1.02. The van der Waals surface area contributed by atoms with E-state index in [4.69, 9.17) is 0 Å². The van der Waals surface area contributed by atoms with E-state index >= 15 is 0 Å². The molecular formula is C17H27NO. The van der Waals surface area contributed by atoms with Gasteiger partial charge in [0.15, 0.2) is 0 Å². The van der Waals surface area contributed by atoms with Gasteiger partial charge in [-0.1, -0.05) is 26.0 Å². The molecule has 0 radical (unpaired) electrons. The molecule has 1 heterocycles. The number of benzene rings is 1. The van der Waals surface area contributed by atoms with Crippen LogP contribution in [0.25, 0.3) is 0 Å². The van der Waals surface area contributed by atoms with Gasteiger partial charge in [-0.3, -0.25) is 0 Å². The Labute approximate surface area is 117 Å². The molecule has 1 aliphatic rings. The number of nitrogens with zero attached hydrogens (tertiary/aromatic N) is 1. The minimum absolute atomic E-state index is 0.186. The first kappa shape index (κ1) is 14.4. The number of piperidine rings is 1. The molecule has 1 saturated heterocycles. The maximum absolute atomic E-state index is 9.42. The SMILES string of the molecule is CC(C)c1ccc(N2CC(CO)CCC2(C)C)cc1. The Morgan fingerprint density at radius 2 is 1.89 bits per heavy atom. The summed E-state index contributed by atoms with van der Waals surface area (Å²) in [6, 6.07) is 8.94. The average Bonchev–Trinajstić information content (AvgIpc) is 2.39. The summed E-state index contributed by atoms with van der Waals surface area (Å²) in [6.07, 6.45) is 2.27. The summed E-state index contributed by atoms with van der Waals surface area (Å²) >= 11 is 0. The number of aliphatic hydroxyl groups is 1. The molecule has 2 nitrogen and oxygen atoms in total. The molecule has 19 heavy (non-hydrogen) atoms. The monoisotopic (exact) mass is 261 g/mol. The summed E-state index contributed by atoms with van der Waals surface area (Å²) in [4.78, 5) is 2.46. The van der Waals surface area contributed by atoms with Crippen LogP contribution < -0.4 is 4.90 Å². The molecule has 1 aliphatic heterocycles. The van der Waals surface area contributed by atoms with Crippen LogP contribution in [0.5, 0.6) is 0 Å². The van der Waals surface area contributed by atoms with Gasteiger partial charge in [-0.2, -0.15) is 0 Å². The minimum Gasteiger partial charge on any atom is -0.396 e. The van der Waals surface area contributed by atoms with Crippen LogP contribution in [-0.2, 0) is 0 Å². The van der Waals surface area contributed by atoms with Crippen molar-refractivity contribution in [3.05, 3.63) is 29.8 Å². The molecule has 2 heteroatoms. The van der Waals surface area contributed by atoms with Crippen molar-refractivity contribution in [2.75, 3.05) is 18.1 Å². The van der Waals surface area contributed by atoms with E-state index in [1.54, 1.807) is 0 Å². The second-order valence-corrected chi connectivity index (χ2v) is 6.76.